The van der Waals surface area contributed by atoms with Crippen molar-refractivity contribution in [3.05, 3.63) is 46.8 Å². The van der Waals surface area contributed by atoms with Gasteiger partial charge in [0.15, 0.2) is 0 Å². The summed E-state index contributed by atoms with van der Waals surface area (Å²) < 4.78 is 53.7. The van der Waals surface area contributed by atoms with Gasteiger partial charge >= 0.3 is 6.18 Å². The van der Waals surface area contributed by atoms with Crippen LogP contribution in [-0.2, 0) is 17.4 Å². The van der Waals surface area contributed by atoms with Crippen molar-refractivity contribution < 1.29 is 27.5 Å². The third kappa shape index (κ3) is 4.04. The molecule has 1 aromatic carbocycles. The van der Waals surface area contributed by atoms with Gasteiger partial charge in [-0.25, -0.2) is 9.07 Å². The van der Waals surface area contributed by atoms with E-state index < -0.39 is 24.0 Å². The highest BCUT2D eigenvalue weighted by Gasteiger charge is 2.32. The Morgan fingerprint density at radius 3 is 2.68 bits per heavy atom. The van der Waals surface area contributed by atoms with Crippen LogP contribution in [0, 0.1) is 13.8 Å². The number of carbonyl (C=O) groups excluding carboxylic acids is 1. The summed E-state index contributed by atoms with van der Waals surface area (Å²) in [7, 11) is 0. The molecule has 0 saturated carbocycles. The first-order chi connectivity index (χ1) is 13.1. The Labute approximate surface area is 159 Å². The number of rotatable bonds is 3. The number of halogens is 4. The second-order valence-electron chi connectivity index (χ2n) is 7.00. The molecule has 1 aliphatic rings. The average molecular weight is 399 g/mol. The summed E-state index contributed by atoms with van der Waals surface area (Å²) in [6, 6.07) is 4.82. The Balaban J connectivity index is 1.84. The third-order valence-electron chi connectivity index (χ3n) is 5.04. The summed E-state index contributed by atoms with van der Waals surface area (Å²) in [6.07, 6.45) is -6.94. The Kier molecular flexibility index (Phi) is 5.47. The van der Waals surface area contributed by atoms with Crippen molar-refractivity contribution >= 4 is 5.91 Å². The van der Waals surface area contributed by atoms with Crippen LogP contribution in [0.2, 0.25) is 0 Å². The number of aliphatic hydroxyl groups excluding tert-OH is 1. The maximum Gasteiger partial charge on any atom is 0.416 e. The third-order valence-corrected chi connectivity index (χ3v) is 5.04. The molecule has 1 amide bonds. The van der Waals surface area contributed by atoms with Gasteiger partial charge in [-0.2, -0.15) is 18.3 Å². The normalized spacial score (nSPS) is 20.5. The lowest BCUT2D eigenvalue weighted by molar-refractivity contribution is -0.137. The zero-order valence-electron chi connectivity index (χ0n) is 15.5. The minimum Gasteiger partial charge on any atom is -0.388 e. The predicted octanol–water partition coefficient (Wildman–Crippen LogP) is 2.98. The van der Waals surface area contributed by atoms with Gasteiger partial charge in [-0.1, -0.05) is 6.07 Å². The van der Waals surface area contributed by atoms with Crippen molar-refractivity contribution in [3.8, 4) is 5.69 Å². The van der Waals surface area contributed by atoms with E-state index in [4.69, 9.17) is 0 Å². The largest absolute Gasteiger partial charge is 0.416 e. The number of aryl methyl sites for hydroxylation is 1. The first kappa shape index (κ1) is 20.3. The van der Waals surface area contributed by atoms with Crippen molar-refractivity contribution in [2.24, 2.45) is 0 Å². The van der Waals surface area contributed by atoms with Crippen LogP contribution in [0.25, 0.3) is 5.69 Å². The lowest BCUT2D eigenvalue weighted by Crippen LogP contribution is -2.48. The van der Waals surface area contributed by atoms with Gasteiger partial charge in [-0.3, -0.25) is 4.79 Å². The number of β-amino-alcohol motifs (C(OH)–C–C–N with tert-alkyl or cyclic N) is 1. The number of aromatic nitrogens is 2. The van der Waals surface area contributed by atoms with Crippen molar-refractivity contribution in [2.75, 3.05) is 13.1 Å². The van der Waals surface area contributed by atoms with E-state index >= 15 is 0 Å². The molecular weight excluding hydrogens is 378 g/mol. The van der Waals surface area contributed by atoms with Crippen molar-refractivity contribution in [1.82, 2.24) is 14.7 Å². The lowest BCUT2D eigenvalue weighted by Gasteiger charge is -2.32. The Morgan fingerprint density at radius 2 is 2.04 bits per heavy atom. The van der Waals surface area contributed by atoms with Gasteiger partial charge < -0.3 is 10.0 Å². The highest BCUT2D eigenvalue weighted by Crippen LogP contribution is 2.31. The minimum absolute atomic E-state index is 0.0136. The van der Waals surface area contributed by atoms with Gasteiger partial charge in [0.2, 0.25) is 5.91 Å². The zero-order valence-corrected chi connectivity index (χ0v) is 15.5. The number of amides is 1. The van der Waals surface area contributed by atoms with Crippen LogP contribution in [0.15, 0.2) is 24.3 Å². The summed E-state index contributed by atoms with van der Waals surface area (Å²) in [5.74, 6) is -0.277. The van der Waals surface area contributed by atoms with Crippen molar-refractivity contribution in [3.63, 3.8) is 0 Å². The molecule has 0 aliphatic carbocycles. The molecule has 0 bridgehead atoms. The monoisotopic (exact) mass is 399 g/mol. The standard InChI is InChI=1S/C19H21F4N3O2/c1-11-15(9-18(28)25-7-6-16(20)17(27)10-25)12(2)26(24-11)14-5-3-4-13(8-14)19(21,22)23/h3-5,8,16-17,27H,6-7,9-10H2,1-2H3/t16-,17-/m1/s1. The first-order valence-corrected chi connectivity index (χ1v) is 8.90. The summed E-state index contributed by atoms with van der Waals surface area (Å²) in [4.78, 5) is 14.0. The van der Waals surface area contributed by atoms with Gasteiger partial charge in [-0.15, -0.1) is 0 Å². The predicted molar refractivity (Wildman–Crippen MR) is 93.8 cm³/mol. The molecule has 1 aliphatic heterocycles. The van der Waals surface area contributed by atoms with Crippen LogP contribution in [0.5, 0.6) is 0 Å². The van der Waals surface area contributed by atoms with Gasteiger partial charge in [0.05, 0.1) is 23.4 Å². The summed E-state index contributed by atoms with van der Waals surface area (Å²) in [5.41, 5.74) is 1.18. The molecule has 2 aromatic rings. The molecule has 0 unspecified atom stereocenters. The van der Waals surface area contributed by atoms with Crippen LogP contribution < -0.4 is 0 Å². The average Bonchev–Trinajstić information content (AvgIpc) is 2.91. The molecule has 1 N–H and O–H groups in total. The number of nitrogens with zero attached hydrogens (tertiary/aromatic N) is 3. The maximum absolute atomic E-state index is 13.4. The number of aliphatic hydroxyl groups is 1. The molecule has 0 radical (unpaired) electrons. The topological polar surface area (TPSA) is 58.4 Å². The first-order valence-electron chi connectivity index (χ1n) is 8.90. The Bertz CT molecular complexity index is 879. The fourth-order valence-corrected chi connectivity index (χ4v) is 3.39. The van der Waals surface area contributed by atoms with Gasteiger partial charge in [-0.05, 0) is 38.5 Å². The van der Waals surface area contributed by atoms with E-state index in [1.807, 2.05) is 0 Å². The van der Waals surface area contributed by atoms with Gasteiger partial charge in [0.1, 0.15) is 12.3 Å². The molecule has 28 heavy (non-hydrogen) atoms. The fraction of sp³-hybridized carbons (Fsp3) is 0.474. The Hall–Kier alpha value is -2.42. The molecule has 152 valence electrons. The van der Waals surface area contributed by atoms with Crippen LogP contribution in [-0.4, -0.2) is 51.1 Å². The van der Waals surface area contributed by atoms with E-state index in [2.05, 4.69) is 5.10 Å². The molecule has 1 saturated heterocycles. The van der Waals surface area contributed by atoms with Crippen LogP contribution in [0.1, 0.15) is 28.9 Å². The van der Waals surface area contributed by atoms with E-state index in [0.717, 1.165) is 12.1 Å². The highest BCUT2D eigenvalue weighted by atomic mass is 19.4. The second-order valence-corrected chi connectivity index (χ2v) is 7.00. The number of benzene rings is 1. The smallest absolute Gasteiger partial charge is 0.388 e. The van der Waals surface area contributed by atoms with Crippen molar-refractivity contribution in [2.45, 2.75) is 45.1 Å². The fourth-order valence-electron chi connectivity index (χ4n) is 3.39. The number of piperidine rings is 1. The van der Waals surface area contributed by atoms with Crippen LogP contribution >= 0.6 is 0 Å². The SMILES string of the molecule is Cc1nn(-c2cccc(C(F)(F)F)c2)c(C)c1CC(=O)N1CC[C@@H](F)[C@H](O)C1. The number of hydrogen-bond acceptors (Lipinski definition) is 3. The Morgan fingerprint density at radius 1 is 1.32 bits per heavy atom. The molecule has 0 spiro atoms. The molecule has 3 rings (SSSR count). The van der Waals surface area contributed by atoms with E-state index in [9.17, 15) is 27.5 Å². The second kappa shape index (κ2) is 7.54. The van der Waals surface area contributed by atoms with E-state index in [1.54, 1.807) is 13.8 Å². The number of hydrogen-bond donors (Lipinski definition) is 1. The van der Waals surface area contributed by atoms with Gasteiger partial charge in [0, 0.05) is 24.3 Å². The molecule has 5 nitrogen and oxygen atoms in total. The minimum atomic E-state index is -4.46. The number of likely N-dealkylation sites (tertiary alicyclic amines) is 1. The summed E-state index contributed by atoms with van der Waals surface area (Å²) in [5, 5.41) is 13.9. The zero-order chi connectivity index (χ0) is 20.6. The molecule has 1 fully saturated rings. The van der Waals surface area contributed by atoms with Crippen LogP contribution in [0.4, 0.5) is 17.6 Å². The molecule has 1 aromatic heterocycles. The maximum atomic E-state index is 13.4. The van der Waals surface area contributed by atoms with E-state index in [0.29, 0.717) is 17.0 Å². The van der Waals surface area contributed by atoms with E-state index in [1.165, 1.54) is 21.7 Å². The highest BCUT2D eigenvalue weighted by molar-refractivity contribution is 5.79. The van der Waals surface area contributed by atoms with E-state index in [-0.39, 0.29) is 37.5 Å². The van der Waals surface area contributed by atoms with Crippen LogP contribution in [0.3, 0.4) is 0 Å². The lowest BCUT2D eigenvalue weighted by atomic mass is 10.0. The summed E-state index contributed by atoms with van der Waals surface area (Å²) >= 11 is 0. The molecular formula is C19H21F4N3O2. The molecule has 2 heterocycles. The molecule has 9 heteroatoms. The quantitative estimate of drug-likeness (QED) is 0.808. The summed E-state index contributed by atoms with van der Waals surface area (Å²) in [6.45, 7) is 3.52. The van der Waals surface area contributed by atoms with Gasteiger partial charge in [0.25, 0.3) is 0 Å². The number of alkyl halides is 4. The molecule has 2 atom stereocenters. The van der Waals surface area contributed by atoms with Crippen molar-refractivity contribution in [1.29, 1.82) is 0 Å². The number of carbonyl (C=O) groups is 1.